The van der Waals surface area contributed by atoms with Crippen LogP contribution >= 0.6 is 15.9 Å². The van der Waals surface area contributed by atoms with Crippen molar-refractivity contribution in [2.75, 3.05) is 13.6 Å². The molecule has 0 aromatic carbocycles. The fourth-order valence-corrected chi connectivity index (χ4v) is 4.27. The van der Waals surface area contributed by atoms with E-state index in [4.69, 9.17) is 0 Å². The molecular weight excluding hydrogens is 268 g/mol. The van der Waals surface area contributed by atoms with Crippen LogP contribution in [0.5, 0.6) is 0 Å². The van der Waals surface area contributed by atoms with Gasteiger partial charge in [0, 0.05) is 35.9 Å². The Labute approximate surface area is 105 Å². The quantitative estimate of drug-likeness (QED) is 0.684. The zero-order valence-electron chi connectivity index (χ0n) is 9.73. The van der Waals surface area contributed by atoms with E-state index in [0.717, 1.165) is 18.6 Å². The summed E-state index contributed by atoms with van der Waals surface area (Å²) in [5, 5.41) is 0. The topological polar surface area (TPSA) is 23.6 Å². The lowest BCUT2D eigenvalue weighted by Crippen LogP contribution is -2.49. The molecule has 3 heterocycles. The van der Waals surface area contributed by atoms with Gasteiger partial charge in [-0.3, -0.25) is 4.79 Å². The number of amides is 1. The lowest BCUT2D eigenvalue weighted by Gasteiger charge is -2.40. The summed E-state index contributed by atoms with van der Waals surface area (Å²) in [6, 6.07) is 1.97. The van der Waals surface area contributed by atoms with Gasteiger partial charge in [-0.2, -0.15) is 0 Å². The van der Waals surface area contributed by atoms with Crippen molar-refractivity contribution in [3.05, 3.63) is 0 Å². The number of nitrogens with zero attached hydrogens (tertiary/aromatic N) is 2. The van der Waals surface area contributed by atoms with Crippen molar-refractivity contribution < 1.29 is 4.79 Å². The molecule has 3 saturated heterocycles. The van der Waals surface area contributed by atoms with Gasteiger partial charge in [-0.15, -0.1) is 0 Å². The lowest BCUT2D eigenvalue weighted by molar-refractivity contribution is -0.130. The Balaban J connectivity index is 1.71. The van der Waals surface area contributed by atoms with Crippen molar-refractivity contribution in [3.8, 4) is 0 Å². The van der Waals surface area contributed by atoms with Crippen LogP contribution in [-0.4, -0.2) is 52.3 Å². The predicted octanol–water partition coefficient (Wildman–Crippen LogP) is 1.61. The summed E-state index contributed by atoms with van der Waals surface area (Å²) in [7, 11) is 2.25. The lowest BCUT2D eigenvalue weighted by atomic mass is 9.97. The number of piperidine rings is 1. The molecular formula is C12H19BrN2O. The van der Waals surface area contributed by atoms with Gasteiger partial charge in [-0.05, 0) is 32.7 Å². The SMILES string of the molecule is CN1C2CCC1CC(N1CC(Br)CC1=O)C2. The number of carbonyl (C=O) groups excluding carboxylic acids is 1. The highest BCUT2D eigenvalue weighted by Crippen LogP contribution is 2.37. The molecule has 0 spiro atoms. The molecule has 0 aromatic heterocycles. The minimum atomic E-state index is 0.357. The van der Waals surface area contributed by atoms with E-state index < -0.39 is 0 Å². The van der Waals surface area contributed by atoms with Crippen LogP contribution in [0.3, 0.4) is 0 Å². The van der Waals surface area contributed by atoms with Crippen molar-refractivity contribution in [2.45, 2.75) is 55.1 Å². The Hall–Kier alpha value is -0.0900. The number of hydrogen-bond donors (Lipinski definition) is 0. The van der Waals surface area contributed by atoms with Gasteiger partial charge in [0.25, 0.3) is 0 Å². The summed E-state index contributed by atoms with van der Waals surface area (Å²) in [6.07, 6.45) is 5.74. The van der Waals surface area contributed by atoms with E-state index >= 15 is 0 Å². The largest absolute Gasteiger partial charge is 0.338 e. The Morgan fingerprint density at radius 1 is 1.19 bits per heavy atom. The maximum Gasteiger partial charge on any atom is 0.224 e. The van der Waals surface area contributed by atoms with Crippen LogP contribution in [0.2, 0.25) is 0 Å². The second-order valence-corrected chi connectivity index (χ2v) is 6.82. The third-order valence-electron chi connectivity index (χ3n) is 4.63. The van der Waals surface area contributed by atoms with Crippen LogP contribution in [0.15, 0.2) is 0 Å². The van der Waals surface area contributed by atoms with E-state index in [1.165, 1.54) is 25.7 Å². The van der Waals surface area contributed by atoms with E-state index in [-0.39, 0.29) is 0 Å². The van der Waals surface area contributed by atoms with Crippen molar-refractivity contribution in [1.29, 1.82) is 0 Å². The smallest absolute Gasteiger partial charge is 0.224 e. The number of rotatable bonds is 1. The number of likely N-dealkylation sites (tertiary alicyclic amines) is 1. The summed E-state index contributed by atoms with van der Waals surface area (Å²) in [5.41, 5.74) is 0. The number of hydrogen-bond acceptors (Lipinski definition) is 2. The number of halogens is 1. The van der Waals surface area contributed by atoms with Crippen LogP contribution in [0.4, 0.5) is 0 Å². The molecule has 3 rings (SSSR count). The van der Waals surface area contributed by atoms with Crippen LogP contribution in [0.25, 0.3) is 0 Å². The molecule has 3 atom stereocenters. The molecule has 3 unspecified atom stereocenters. The predicted molar refractivity (Wildman–Crippen MR) is 66.6 cm³/mol. The maximum atomic E-state index is 11.9. The molecule has 0 N–H and O–H groups in total. The van der Waals surface area contributed by atoms with Crippen LogP contribution < -0.4 is 0 Å². The zero-order valence-corrected chi connectivity index (χ0v) is 11.3. The average molecular weight is 287 g/mol. The maximum absolute atomic E-state index is 11.9. The van der Waals surface area contributed by atoms with E-state index in [2.05, 4.69) is 32.8 Å². The van der Waals surface area contributed by atoms with Crippen LogP contribution in [-0.2, 0) is 4.79 Å². The van der Waals surface area contributed by atoms with Gasteiger partial charge in [0.15, 0.2) is 0 Å². The Morgan fingerprint density at radius 2 is 1.81 bits per heavy atom. The van der Waals surface area contributed by atoms with E-state index in [9.17, 15) is 4.79 Å². The minimum Gasteiger partial charge on any atom is -0.338 e. The first-order chi connectivity index (χ1) is 7.65. The van der Waals surface area contributed by atoms with Gasteiger partial charge >= 0.3 is 0 Å². The third-order valence-corrected chi connectivity index (χ3v) is 5.24. The van der Waals surface area contributed by atoms with E-state index in [0.29, 0.717) is 23.2 Å². The van der Waals surface area contributed by atoms with Gasteiger partial charge in [-0.1, -0.05) is 15.9 Å². The Morgan fingerprint density at radius 3 is 2.31 bits per heavy atom. The summed E-state index contributed by atoms with van der Waals surface area (Å²) in [5.74, 6) is 0.357. The second-order valence-electron chi connectivity index (χ2n) is 5.52. The highest BCUT2D eigenvalue weighted by atomic mass is 79.9. The Bertz CT molecular complexity index is 295. The molecule has 90 valence electrons. The van der Waals surface area contributed by atoms with Crippen molar-refractivity contribution in [1.82, 2.24) is 9.80 Å². The highest BCUT2D eigenvalue weighted by molar-refractivity contribution is 9.09. The van der Waals surface area contributed by atoms with Crippen molar-refractivity contribution >= 4 is 21.8 Å². The van der Waals surface area contributed by atoms with Crippen molar-refractivity contribution in [3.63, 3.8) is 0 Å². The zero-order chi connectivity index (χ0) is 11.3. The fraction of sp³-hybridized carbons (Fsp3) is 0.917. The molecule has 16 heavy (non-hydrogen) atoms. The van der Waals surface area contributed by atoms with E-state index in [1.54, 1.807) is 0 Å². The summed E-state index contributed by atoms with van der Waals surface area (Å²) in [4.78, 5) is 16.9. The monoisotopic (exact) mass is 286 g/mol. The molecule has 0 saturated carbocycles. The van der Waals surface area contributed by atoms with E-state index in [1.807, 2.05) is 0 Å². The molecule has 3 nitrogen and oxygen atoms in total. The van der Waals surface area contributed by atoms with Gasteiger partial charge < -0.3 is 9.80 Å². The molecule has 0 aliphatic carbocycles. The van der Waals surface area contributed by atoms with Gasteiger partial charge in [0.2, 0.25) is 5.91 Å². The number of carbonyl (C=O) groups is 1. The molecule has 3 fully saturated rings. The molecule has 1 amide bonds. The summed E-state index contributed by atoms with van der Waals surface area (Å²) >= 11 is 3.57. The fourth-order valence-electron chi connectivity index (χ4n) is 3.68. The number of alkyl halides is 1. The number of fused-ring (bicyclic) bond motifs is 2. The van der Waals surface area contributed by atoms with Crippen molar-refractivity contribution in [2.24, 2.45) is 0 Å². The standard InChI is InChI=1S/C12H19BrN2O/c1-14-9-2-3-10(14)6-11(5-9)15-7-8(13)4-12(15)16/h8-11H,2-7H2,1H3. The van der Waals surface area contributed by atoms with Crippen LogP contribution in [0.1, 0.15) is 32.1 Å². The molecule has 3 aliphatic heterocycles. The summed E-state index contributed by atoms with van der Waals surface area (Å²) < 4.78 is 0. The first-order valence-corrected chi connectivity index (χ1v) is 7.22. The molecule has 0 radical (unpaired) electrons. The molecule has 3 aliphatic rings. The molecule has 4 heteroatoms. The Kier molecular flexibility index (Phi) is 2.75. The van der Waals surface area contributed by atoms with Gasteiger partial charge in [0.1, 0.15) is 0 Å². The summed E-state index contributed by atoms with van der Waals surface area (Å²) in [6.45, 7) is 0.923. The highest BCUT2D eigenvalue weighted by Gasteiger charge is 2.43. The molecule has 0 aromatic rings. The normalized spacial score (nSPS) is 44.4. The third kappa shape index (κ3) is 1.70. The second kappa shape index (κ2) is 3.98. The first-order valence-electron chi connectivity index (χ1n) is 6.30. The van der Waals surface area contributed by atoms with Gasteiger partial charge in [0.05, 0.1) is 0 Å². The average Bonchev–Trinajstić information content (AvgIpc) is 2.65. The minimum absolute atomic E-state index is 0.357. The first kappa shape index (κ1) is 11.0. The van der Waals surface area contributed by atoms with Gasteiger partial charge in [-0.25, -0.2) is 0 Å². The molecule has 2 bridgehead atoms. The van der Waals surface area contributed by atoms with Crippen LogP contribution in [0, 0.1) is 0 Å².